The molecular formula is C10H20N2O3. The zero-order chi connectivity index (χ0) is 12.3. The molecule has 0 aromatic heterocycles. The van der Waals surface area contributed by atoms with Crippen molar-refractivity contribution in [2.75, 3.05) is 6.61 Å². The van der Waals surface area contributed by atoms with E-state index in [-0.39, 0.29) is 12.5 Å². The zero-order valence-corrected chi connectivity index (χ0v) is 10.0. The van der Waals surface area contributed by atoms with Crippen LogP contribution >= 0.6 is 0 Å². The van der Waals surface area contributed by atoms with Crippen LogP contribution < -0.4 is 11.1 Å². The molecule has 0 aromatic rings. The van der Waals surface area contributed by atoms with E-state index in [9.17, 15) is 9.59 Å². The third kappa shape index (κ3) is 4.29. The monoisotopic (exact) mass is 216 g/mol. The van der Waals surface area contributed by atoms with Crippen LogP contribution in [0.25, 0.3) is 0 Å². The normalized spacial score (nSPS) is 12.1. The summed E-state index contributed by atoms with van der Waals surface area (Å²) in [6, 6.07) is 0. The third-order valence-corrected chi connectivity index (χ3v) is 1.80. The Morgan fingerprint density at radius 3 is 2.07 bits per heavy atom. The van der Waals surface area contributed by atoms with Crippen LogP contribution in [0.4, 0.5) is 0 Å². The van der Waals surface area contributed by atoms with Gasteiger partial charge in [0.15, 0.2) is 0 Å². The molecule has 0 radical (unpaired) electrons. The lowest BCUT2D eigenvalue weighted by Gasteiger charge is -2.28. The molecule has 3 N–H and O–H groups in total. The highest BCUT2D eigenvalue weighted by molar-refractivity contribution is 5.91. The fourth-order valence-corrected chi connectivity index (χ4v) is 0.807. The molecule has 0 aliphatic heterocycles. The molecule has 5 heteroatoms. The summed E-state index contributed by atoms with van der Waals surface area (Å²) in [6.07, 6.45) is 0. The maximum Gasteiger partial charge on any atom is 0.331 e. The van der Waals surface area contributed by atoms with Gasteiger partial charge in [-0.3, -0.25) is 4.79 Å². The number of nitrogens with two attached hydrogens (primary N) is 1. The van der Waals surface area contributed by atoms with Gasteiger partial charge in [-0.15, -0.1) is 0 Å². The second kappa shape index (κ2) is 4.61. The Kier molecular flexibility index (Phi) is 4.27. The molecule has 0 bridgehead atoms. The molecular weight excluding hydrogens is 196 g/mol. The number of esters is 1. The Morgan fingerprint density at radius 1 is 1.27 bits per heavy atom. The Balaban J connectivity index is 4.51. The second-order valence-corrected chi connectivity index (χ2v) is 4.52. The van der Waals surface area contributed by atoms with Crippen LogP contribution in [0, 0.1) is 0 Å². The summed E-state index contributed by atoms with van der Waals surface area (Å²) >= 11 is 0. The average molecular weight is 216 g/mol. The Hall–Kier alpha value is -1.10. The number of carbonyl (C=O) groups is 2. The Morgan fingerprint density at radius 2 is 1.73 bits per heavy atom. The van der Waals surface area contributed by atoms with E-state index in [1.165, 1.54) is 0 Å². The molecule has 0 atom stereocenters. The van der Waals surface area contributed by atoms with Crippen molar-refractivity contribution in [1.82, 2.24) is 5.32 Å². The van der Waals surface area contributed by atoms with Crippen molar-refractivity contribution < 1.29 is 14.3 Å². The first-order chi connectivity index (χ1) is 6.61. The summed E-state index contributed by atoms with van der Waals surface area (Å²) in [5.41, 5.74) is 3.53. The third-order valence-electron chi connectivity index (χ3n) is 1.80. The van der Waals surface area contributed by atoms with Gasteiger partial charge in [-0.25, -0.2) is 4.79 Å². The van der Waals surface area contributed by atoms with Crippen LogP contribution in [0.1, 0.15) is 34.6 Å². The molecule has 0 heterocycles. The topological polar surface area (TPSA) is 81.4 Å². The highest BCUT2D eigenvalue weighted by atomic mass is 16.5. The lowest BCUT2D eigenvalue weighted by Crippen LogP contribution is -2.58. The smallest absolute Gasteiger partial charge is 0.331 e. The van der Waals surface area contributed by atoms with Crippen LogP contribution in [0.3, 0.4) is 0 Å². The number of nitrogens with one attached hydrogen (secondary N) is 1. The summed E-state index contributed by atoms with van der Waals surface area (Å²) in [4.78, 5) is 23.0. The highest BCUT2D eigenvalue weighted by Crippen LogP contribution is 2.08. The van der Waals surface area contributed by atoms with Crippen LogP contribution in [-0.4, -0.2) is 29.6 Å². The number of amides is 1. The predicted octanol–water partition coefficient (Wildman–Crippen LogP) is 0.182. The van der Waals surface area contributed by atoms with Gasteiger partial charge in [-0.05, 0) is 34.6 Å². The minimum atomic E-state index is -1.05. The van der Waals surface area contributed by atoms with Crippen molar-refractivity contribution in [2.24, 2.45) is 5.73 Å². The Labute approximate surface area is 90.4 Å². The standard InChI is InChI=1S/C10H20N2O3/c1-6-15-8(14)10(4,5)12-7(13)9(2,3)11/h6,11H2,1-5H3,(H,12,13). The maximum atomic E-state index is 11.5. The summed E-state index contributed by atoms with van der Waals surface area (Å²) in [7, 11) is 0. The summed E-state index contributed by atoms with van der Waals surface area (Å²) in [5.74, 6) is -0.858. The fraction of sp³-hybridized carbons (Fsp3) is 0.800. The maximum absolute atomic E-state index is 11.5. The van der Waals surface area contributed by atoms with Crippen molar-refractivity contribution in [2.45, 2.75) is 45.7 Å². The average Bonchev–Trinajstić information content (AvgIpc) is 2.02. The molecule has 0 aliphatic carbocycles. The lowest BCUT2D eigenvalue weighted by molar-refractivity contribution is -0.152. The summed E-state index contributed by atoms with van der Waals surface area (Å²) < 4.78 is 4.83. The molecule has 0 aliphatic rings. The zero-order valence-electron chi connectivity index (χ0n) is 10.0. The number of ether oxygens (including phenoxy) is 1. The van der Waals surface area contributed by atoms with Gasteiger partial charge in [-0.2, -0.15) is 0 Å². The van der Waals surface area contributed by atoms with Crippen LogP contribution in [0.5, 0.6) is 0 Å². The number of hydrogen-bond donors (Lipinski definition) is 2. The van der Waals surface area contributed by atoms with Crippen molar-refractivity contribution in [3.8, 4) is 0 Å². The van der Waals surface area contributed by atoms with E-state index in [1.807, 2.05) is 0 Å². The molecule has 0 saturated heterocycles. The summed E-state index contributed by atoms with van der Waals surface area (Å²) in [6.45, 7) is 8.29. The molecule has 0 rings (SSSR count). The predicted molar refractivity (Wildman–Crippen MR) is 57.1 cm³/mol. The minimum Gasteiger partial charge on any atom is -0.464 e. The first-order valence-corrected chi connectivity index (χ1v) is 4.90. The Bertz CT molecular complexity index is 254. The molecule has 0 aromatic carbocycles. The second-order valence-electron chi connectivity index (χ2n) is 4.52. The van der Waals surface area contributed by atoms with E-state index in [1.54, 1.807) is 34.6 Å². The summed E-state index contributed by atoms with van der Waals surface area (Å²) in [5, 5.41) is 2.54. The van der Waals surface area contributed by atoms with Crippen molar-refractivity contribution in [1.29, 1.82) is 0 Å². The van der Waals surface area contributed by atoms with Crippen LogP contribution in [0.15, 0.2) is 0 Å². The van der Waals surface area contributed by atoms with Gasteiger partial charge in [0.25, 0.3) is 0 Å². The van der Waals surface area contributed by atoms with Crippen molar-refractivity contribution in [3.05, 3.63) is 0 Å². The van der Waals surface area contributed by atoms with Gasteiger partial charge in [0.2, 0.25) is 5.91 Å². The van der Waals surface area contributed by atoms with Gasteiger partial charge < -0.3 is 15.8 Å². The van der Waals surface area contributed by atoms with E-state index < -0.39 is 17.0 Å². The lowest BCUT2D eigenvalue weighted by atomic mass is 10.0. The van der Waals surface area contributed by atoms with E-state index in [4.69, 9.17) is 10.5 Å². The fourth-order valence-electron chi connectivity index (χ4n) is 0.807. The van der Waals surface area contributed by atoms with E-state index in [2.05, 4.69) is 5.32 Å². The molecule has 0 spiro atoms. The number of hydrogen-bond acceptors (Lipinski definition) is 4. The molecule has 15 heavy (non-hydrogen) atoms. The molecule has 88 valence electrons. The van der Waals surface area contributed by atoms with Crippen molar-refractivity contribution >= 4 is 11.9 Å². The first kappa shape index (κ1) is 13.9. The van der Waals surface area contributed by atoms with Gasteiger partial charge in [0, 0.05) is 0 Å². The molecule has 0 unspecified atom stereocenters. The largest absolute Gasteiger partial charge is 0.464 e. The van der Waals surface area contributed by atoms with Crippen LogP contribution in [-0.2, 0) is 14.3 Å². The quantitative estimate of drug-likeness (QED) is 0.657. The van der Waals surface area contributed by atoms with Crippen molar-refractivity contribution in [3.63, 3.8) is 0 Å². The molecule has 1 amide bonds. The minimum absolute atomic E-state index is 0.282. The number of carbonyl (C=O) groups excluding carboxylic acids is 2. The van der Waals surface area contributed by atoms with Gasteiger partial charge in [0.05, 0.1) is 12.1 Å². The van der Waals surface area contributed by atoms with Gasteiger partial charge >= 0.3 is 5.97 Å². The molecule has 0 saturated carbocycles. The molecule has 0 fully saturated rings. The molecule has 5 nitrogen and oxygen atoms in total. The van der Waals surface area contributed by atoms with E-state index in [0.29, 0.717) is 0 Å². The van der Waals surface area contributed by atoms with Gasteiger partial charge in [-0.1, -0.05) is 0 Å². The first-order valence-electron chi connectivity index (χ1n) is 4.90. The van der Waals surface area contributed by atoms with Gasteiger partial charge in [0.1, 0.15) is 5.54 Å². The van der Waals surface area contributed by atoms with Crippen LogP contribution in [0.2, 0.25) is 0 Å². The number of rotatable bonds is 4. The SMILES string of the molecule is CCOC(=O)C(C)(C)NC(=O)C(C)(C)N. The van der Waals surface area contributed by atoms with E-state index >= 15 is 0 Å². The highest BCUT2D eigenvalue weighted by Gasteiger charge is 2.34. The van der Waals surface area contributed by atoms with E-state index in [0.717, 1.165) is 0 Å².